The third kappa shape index (κ3) is 2.96. The zero-order chi connectivity index (χ0) is 23.6. The molecular weight excluding hydrogens is 435 g/mol. The molecule has 6 rings (SSSR count). The first-order valence-corrected chi connectivity index (χ1v) is 11.6. The number of benzene rings is 1. The Morgan fingerprint density at radius 1 is 1.29 bits per heavy atom. The lowest BCUT2D eigenvalue weighted by atomic mass is 10.1. The van der Waals surface area contributed by atoms with Gasteiger partial charge in [0.25, 0.3) is 5.91 Å². The van der Waals surface area contributed by atoms with Crippen LogP contribution >= 0.6 is 0 Å². The van der Waals surface area contributed by atoms with E-state index in [1.165, 1.54) is 0 Å². The molecule has 3 aromatic heterocycles. The van der Waals surface area contributed by atoms with E-state index in [0.717, 1.165) is 29.4 Å². The van der Waals surface area contributed by atoms with E-state index in [1.54, 1.807) is 19.4 Å². The molecular formula is C25H27FN6O2. The fourth-order valence-corrected chi connectivity index (χ4v) is 5.85. The van der Waals surface area contributed by atoms with Gasteiger partial charge in [-0.1, -0.05) is 0 Å². The summed E-state index contributed by atoms with van der Waals surface area (Å²) in [6.07, 6.45) is 3.74. The molecule has 8 nitrogen and oxygen atoms in total. The lowest BCUT2D eigenvalue weighted by Crippen LogP contribution is -2.41. The summed E-state index contributed by atoms with van der Waals surface area (Å²) in [6.45, 7) is 0.367. The number of ether oxygens (including phenoxy) is 1. The molecule has 4 aromatic rings. The lowest BCUT2D eigenvalue weighted by Gasteiger charge is -2.27. The van der Waals surface area contributed by atoms with Crippen LogP contribution < -0.4 is 10.5 Å². The Kier molecular flexibility index (Phi) is 4.84. The van der Waals surface area contributed by atoms with Gasteiger partial charge < -0.3 is 24.5 Å². The van der Waals surface area contributed by atoms with Gasteiger partial charge in [0.1, 0.15) is 23.6 Å². The molecule has 1 saturated heterocycles. The van der Waals surface area contributed by atoms with Crippen LogP contribution in [0.25, 0.3) is 33.6 Å². The van der Waals surface area contributed by atoms with Crippen LogP contribution in [0.15, 0.2) is 36.5 Å². The van der Waals surface area contributed by atoms with Crippen molar-refractivity contribution < 1.29 is 13.9 Å². The molecule has 2 N–H and O–H groups in total. The second kappa shape index (κ2) is 7.80. The summed E-state index contributed by atoms with van der Waals surface area (Å²) in [7, 11) is 3.49. The average molecular weight is 463 g/mol. The minimum absolute atomic E-state index is 0.0363. The number of piperidine rings is 1. The second-order valence-corrected chi connectivity index (χ2v) is 9.27. The number of aromatic nitrogens is 4. The summed E-state index contributed by atoms with van der Waals surface area (Å²) in [5.41, 5.74) is 9.78. The van der Waals surface area contributed by atoms with Gasteiger partial charge >= 0.3 is 0 Å². The lowest BCUT2D eigenvalue weighted by molar-refractivity contribution is 0.0700. The predicted molar refractivity (Wildman–Crippen MR) is 127 cm³/mol. The molecule has 1 saturated carbocycles. The summed E-state index contributed by atoms with van der Waals surface area (Å²) in [6, 6.07) is 9.55. The van der Waals surface area contributed by atoms with Gasteiger partial charge in [0.05, 0.1) is 24.9 Å². The van der Waals surface area contributed by atoms with Gasteiger partial charge in [0.2, 0.25) is 0 Å². The van der Waals surface area contributed by atoms with Gasteiger partial charge in [-0.25, -0.2) is 14.4 Å². The van der Waals surface area contributed by atoms with Crippen molar-refractivity contribution in [2.75, 3.05) is 20.3 Å². The number of pyridine rings is 1. The number of carbonyl (C=O) groups excluding carboxylic acids is 1. The fraction of sp³-hybridized carbons (Fsp3) is 0.400. The van der Waals surface area contributed by atoms with Gasteiger partial charge in [-0.05, 0) is 49.1 Å². The molecule has 1 aromatic carbocycles. The summed E-state index contributed by atoms with van der Waals surface area (Å²) in [5.74, 6) is 1.58. The smallest absolute Gasteiger partial charge is 0.254 e. The molecule has 1 unspecified atom stereocenters. The van der Waals surface area contributed by atoms with Crippen LogP contribution in [0, 0.1) is 5.92 Å². The quantitative estimate of drug-likeness (QED) is 0.492. The number of hydrogen-bond donors (Lipinski definition) is 1. The Labute approximate surface area is 196 Å². The first kappa shape index (κ1) is 21.1. The van der Waals surface area contributed by atoms with E-state index in [0.29, 0.717) is 40.8 Å². The van der Waals surface area contributed by atoms with Crippen LogP contribution in [-0.4, -0.2) is 62.3 Å². The SMILES string of the molecule is COc1cc(C(=O)N2C[C@H]3CC[C@@H]2C3N)cc2nc(-c3cc4cccnc4n3CCF)n(C)c12. The highest BCUT2D eigenvalue weighted by Gasteiger charge is 2.47. The highest BCUT2D eigenvalue weighted by atomic mass is 19.1. The maximum atomic E-state index is 13.4. The zero-order valence-corrected chi connectivity index (χ0v) is 19.2. The van der Waals surface area contributed by atoms with Crippen molar-refractivity contribution in [3.63, 3.8) is 0 Å². The molecule has 2 aliphatic rings. The average Bonchev–Trinajstić information content (AvgIpc) is 3.59. The maximum Gasteiger partial charge on any atom is 0.254 e. The molecule has 3 atom stereocenters. The number of rotatable bonds is 5. The summed E-state index contributed by atoms with van der Waals surface area (Å²) < 4.78 is 22.9. The van der Waals surface area contributed by atoms with Crippen molar-refractivity contribution in [2.45, 2.75) is 31.5 Å². The van der Waals surface area contributed by atoms with Crippen LogP contribution in [0.2, 0.25) is 0 Å². The van der Waals surface area contributed by atoms with E-state index in [4.69, 9.17) is 15.5 Å². The molecule has 2 fully saturated rings. The molecule has 0 spiro atoms. The maximum absolute atomic E-state index is 13.4. The van der Waals surface area contributed by atoms with Gasteiger partial charge in [0, 0.05) is 42.8 Å². The number of carbonyl (C=O) groups is 1. The van der Waals surface area contributed by atoms with Crippen molar-refractivity contribution >= 4 is 28.0 Å². The predicted octanol–water partition coefficient (Wildman–Crippen LogP) is 3.13. The number of amides is 1. The van der Waals surface area contributed by atoms with Crippen LogP contribution in [0.3, 0.4) is 0 Å². The van der Waals surface area contributed by atoms with Crippen molar-refractivity contribution in [1.29, 1.82) is 0 Å². The van der Waals surface area contributed by atoms with E-state index >= 15 is 0 Å². The number of nitrogens with two attached hydrogens (primary N) is 1. The van der Waals surface area contributed by atoms with E-state index in [9.17, 15) is 9.18 Å². The third-order valence-electron chi connectivity index (χ3n) is 7.51. The van der Waals surface area contributed by atoms with E-state index in [2.05, 4.69) is 4.98 Å². The molecule has 1 aliphatic carbocycles. The number of alkyl halides is 1. The van der Waals surface area contributed by atoms with Crippen LogP contribution in [-0.2, 0) is 13.6 Å². The third-order valence-corrected chi connectivity index (χ3v) is 7.51. The van der Waals surface area contributed by atoms with Gasteiger partial charge in [-0.15, -0.1) is 0 Å². The number of nitrogens with zero attached hydrogens (tertiary/aromatic N) is 5. The zero-order valence-electron chi connectivity index (χ0n) is 19.2. The van der Waals surface area contributed by atoms with Crippen molar-refractivity contribution in [3.8, 4) is 17.3 Å². The van der Waals surface area contributed by atoms with E-state index in [-0.39, 0.29) is 24.5 Å². The molecule has 34 heavy (non-hydrogen) atoms. The number of imidazole rings is 1. The topological polar surface area (TPSA) is 91.2 Å². The number of halogens is 1. The Bertz CT molecular complexity index is 1430. The number of aryl methyl sites for hydroxylation is 2. The summed E-state index contributed by atoms with van der Waals surface area (Å²) in [4.78, 5) is 24.7. The molecule has 4 heterocycles. The summed E-state index contributed by atoms with van der Waals surface area (Å²) in [5, 5.41) is 0.918. The minimum Gasteiger partial charge on any atom is -0.494 e. The fourth-order valence-electron chi connectivity index (χ4n) is 5.85. The van der Waals surface area contributed by atoms with Crippen molar-refractivity contribution in [3.05, 3.63) is 42.1 Å². The molecule has 2 bridgehead atoms. The molecule has 0 radical (unpaired) electrons. The largest absolute Gasteiger partial charge is 0.494 e. The normalized spacial score (nSPS) is 21.8. The highest BCUT2D eigenvalue weighted by Crippen LogP contribution is 2.39. The first-order chi connectivity index (χ1) is 16.5. The number of hydrogen-bond acceptors (Lipinski definition) is 5. The Hall–Kier alpha value is -3.46. The summed E-state index contributed by atoms with van der Waals surface area (Å²) >= 11 is 0. The Balaban J connectivity index is 1.48. The molecule has 176 valence electrons. The monoisotopic (exact) mass is 462 g/mol. The van der Waals surface area contributed by atoms with Crippen LogP contribution in [0.1, 0.15) is 23.2 Å². The van der Waals surface area contributed by atoms with Gasteiger partial charge in [-0.2, -0.15) is 0 Å². The molecule has 1 aliphatic heterocycles. The number of methoxy groups -OCH3 is 1. The van der Waals surface area contributed by atoms with E-state index in [1.807, 2.05) is 45.3 Å². The highest BCUT2D eigenvalue weighted by molar-refractivity contribution is 6.00. The number of likely N-dealkylation sites (tertiary alicyclic amines) is 1. The van der Waals surface area contributed by atoms with Crippen molar-refractivity contribution in [2.24, 2.45) is 18.7 Å². The second-order valence-electron chi connectivity index (χ2n) is 9.27. The standard InChI is InChI=1S/C25H27FN6O2/c1-30-22-17(29-24(30)19-11-14-4-3-8-28-23(14)31(19)9-7-26)10-16(12-20(22)34-2)25(33)32-13-15-5-6-18(32)21(15)27/h3-4,8,10-12,15,18,21H,5-7,9,13,27H2,1-2H3/t15-,18-,21?/m1/s1. The van der Waals surface area contributed by atoms with Crippen LogP contribution in [0.5, 0.6) is 5.75 Å². The Morgan fingerprint density at radius 3 is 2.85 bits per heavy atom. The molecule has 9 heteroatoms. The van der Waals surface area contributed by atoms with Gasteiger partial charge in [0.15, 0.2) is 5.82 Å². The van der Waals surface area contributed by atoms with Crippen molar-refractivity contribution in [1.82, 2.24) is 24.0 Å². The first-order valence-electron chi connectivity index (χ1n) is 11.6. The van der Waals surface area contributed by atoms with E-state index < -0.39 is 6.67 Å². The minimum atomic E-state index is -0.514. The number of fused-ring (bicyclic) bond motifs is 4. The molecule has 1 amide bonds. The van der Waals surface area contributed by atoms with Gasteiger partial charge in [-0.3, -0.25) is 4.79 Å². The Morgan fingerprint density at radius 2 is 2.15 bits per heavy atom. The van der Waals surface area contributed by atoms with Crippen LogP contribution in [0.4, 0.5) is 4.39 Å².